The standard InChI is InChI=1S/C16H24N2O5/c1-16(2,3)22-15(21)18-12(13(14(19)20)23-17-4)10-11-8-6-5-7-9-11/h5-9,12-13,17H,10H2,1-4H3,(H,18,21)(H,19,20). The Morgan fingerprint density at radius 3 is 2.30 bits per heavy atom. The van der Waals surface area contributed by atoms with Crippen LogP contribution in [0.15, 0.2) is 30.3 Å². The van der Waals surface area contributed by atoms with Crippen molar-refractivity contribution >= 4 is 12.1 Å². The molecule has 2 atom stereocenters. The topological polar surface area (TPSA) is 96.9 Å². The monoisotopic (exact) mass is 324 g/mol. The van der Waals surface area contributed by atoms with Gasteiger partial charge in [-0.2, -0.15) is 0 Å². The molecule has 0 aliphatic carbocycles. The molecule has 7 nitrogen and oxygen atoms in total. The van der Waals surface area contributed by atoms with E-state index in [9.17, 15) is 14.7 Å². The maximum Gasteiger partial charge on any atom is 0.407 e. The van der Waals surface area contributed by atoms with Crippen molar-refractivity contribution in [1.82, 2.24) is 10.8 Å². The lowest BCUT2D eigenvalue weighted by Gasteiger charge is -2.27. The Kier molecular flexibility index (Phi) is 6.99. The zero-order chi connectivity index (χ0) is 17.5. The third-order valence-corrected chi connectivity index (χ3v) is 2.85. The Hall–Kier alpha value is -2.12. The molecule has 1 aromatic carbocycles. The smallest absolute Gasteiger partial charge is 0.407 e. The Balaban J connectivity index is 2.90. The van der Waals surface area contributed by atoms with Gasteiger partial charge in [0.2, 0.25) is 0 Å². The van der Waals surface area contributed by atoms with Crippen molar-refractivity contribution in [2.45, 2.75) is 44.9 Å². The molecule has 0 saturated heterocycles. The molecule has 0 bridgehead atoms. The predicted octanol–water partition coefficient (Wildman–Crippen LogP) is 1.73. The summed E-state index contributed by atoms with van der Waals surface area (Å²) in [7, 11) is 1.46. The van der Waals surface area contributed by atoms with Crippen LogP contribution in [-0.4, -0.2) is 42.0 Å². The Morgan fingerprint density at radius 2 is 1.83 bits per heavy atom. The first kappa shape index (κ1) is 18.9. The Morgan fingerprint density at radius 1 is 1.22 bits per heavy atom. The van der Waals surface area contributed by atoms with Gasteiger partial charge in [-0.15, -0.1) is 0 Å². The van der Waals surface area contributed by atoms with Crippen LogP contribution in [0.3, 0.4) is 0 Å². The number of hydrogen-bond donors (Lipinski definition) is 3. The molecule has 0 saturated carbocycles. The summed E-state index contributed by atoms with van der Waals surface area (Å²) in [6.07, 6.45) is -1.66. The zero-order valence-corrected chi connectivity index (χ0v) is 13.8. The summed E-state index contributed by atoms with van der Waals surface area (Å²) in [5.41, 5.74) is 2.56. The molecule has 0 aromatic heterocycles. The summed E-state index contributed by atoms with van der Waals surface area (Å²) < 4.78 is 5.20. The van der Waals surface area contributed by atoms with Crippen LogP contribution in [0.4, 0.5) is 4.79 Å². The number of nitrogens with one attached hydrogen (secondary N) is 2. The summed E-state index contributed by atoms with van der Waals surface area (Å²) in [5.74, 6) is -1.18. The van der Waals surface area contributed by atoms with Crippen molar-refractivity contribution in [3.05, 3.63) is 35.9 Å². The summed E-state index contributed by atoms with van der Waals surface area (Å²) in [6.45, 7) is 5.20. The van der Waals surface area contributed by atoms with E-state index in [1.54, 1.807) is 20.8 Å². The van der Waals surface area contributed by atoms with Gasteiger partial charge in [0.15, 0.2) is 6.10 Å². The molecule has 0 aliphatic rings. The molecule has 23 heavy (non-hydrogen) atoms. The SMILES string of the molecule is CNOC(C(=O)O)C(Cc1ccccc1)NC(=O)OC(C)(C)C. The highest BCUT2D eigenvalue weighted by atomic mass is 16.7. The van der Waals surface area contributed by atoms with E-state index in [2.05, 4.69) is 10.8 Å². The zero-order valence-electron chi connectivity index (χ0n) is 13.8. The summed E-state index contributed by atoms with van der Waals surface area (Å²) in [5, 5.41) is 11.9. The number of carbonyl (C=O) groups is 2. The molecule has 0 radical (unpaired) electrons. The fraction of sp³-hybridized carbons (Fsp3) is 0.500. The van der Waals surface area contributed by atoms with Crippen LogP contribution < -0.4 is 10.8 Å². The number of aliphatic carboxylic acids is 1. The number of carboxylic acid groups (broad SMARTS) is 1. The van der Waals surface area contributed by atoms with E-state index in [1.807, 2.05) is 30.3 Å². The van der Waals surface area contributed by atoms with E-state index >= 15 is 0 Å². The molecule has 3 N–H and O–H groups in total. The third-order valence-electron chi connectivity index (χ3n) is 2.85. The molecule has 7 heteroatoms. The van der Waals surface area contributed by atoms with Crippen LogP contribution in [0, 0.1) is 0 Å². The van der Waals surface area contributed by atoms with Crippen LogP contribution in [-0.2, 0) is 20.8 Å². The van der Waals surface area contributed by atoms with Gasteiger partial charge in [0.05, 0.1) is 6.04 Å². The third kappa shape index (κ3) is 7.12. The second-order valence-electron chi connectivity index (χ2n) is 6.02. The maximum absolute atomic E-state index is 12.0. The highest BCUT2D eigenvalue weighted by Gasteiger charge is 2.32. The summed E-state index contributed by atoms with van der Waals surface area (Å²) in [4.78, 5) is 28.5. The number of hydrogen-bond acceptors (Lipinski definition) is 5. The van der Waals surface area contributed by atoms with Crippen LogP contribution in [0.5, 0.6) is 0 Å². The van der Waals surface area contributed by atoms with Crippen LogP contribution in [0.1, 0.15) is 26.3 Å². The van der Waals surface area contributed by atoms with Crippen molar-refractivity contribution in [2.24, 2.45) is 0 Å². The van der Waals surface area contributed by atoms with Gasteiger partial charge in [0, 0.05) is 7.05 Å². The lowest BCUT2D eigenvalue weighted by molar-refractivity contribution is -0.157. The number of hydroxylamine groups is 1. The fourth-order valence-electron chi connectivity index (χ4n) is 1.99. The van der Waals surface area contributed by atoms with Gasteiger partial charge < -0.3 is 15.2 Å². The maximum atomic E-state index is 12.0. The molecule has 1 rings (SSSR count). The molecular formula is C16H24N2O5. The highest BCUT2D eigenvalue weighted by Crippen LogP contribution is 2.11. The quantitative estimate of drug-likeness (QED) is 0.661. The molecule has 1 aromatic rings. The number of rotatable bonds is 7. The second kappa shape index (κ2) is 8.50. The number of carbonyl (C=O) groups excluding carboxylic acids is 1. The van der Waals surface area contributed by atoms with Crippen molar-refractivity contribution in [1.29, 1.82) is 0 Å². The number of ether oxygens (including phenoxy) is 1. The van der Waals surface area contributed by atoms with Gasteiger partial charge in [-0.05, 0) is 32.8 Å². The van der Waals surface area contributed by atoms with Gasteiger partial charge >= 0.3 is 12.1 Å². The van der Waals surface area contributed by atoms with E-state index < -0.39 is 29.8 Å². The van der Waals surface area contributed by atoms with Crippen molar-refractivity contribution in [3.8, 4) is 0 Å². The average molecular weight is 324 g/mol. The molecular weight excluding hydrogens is 300 g/mol. The van der Waals surface area contributed by atoms with Gasteiger partial charge in [-0.25, -0.2) is 15.1 Å². The molecule has 0 fully saturated rings. The first-order valence-corrected chi connectivity index (χ1v) is 7.31. The number of amides is 1. The van der Waals surface area contributed by atoms with Gasteiger partial charge in [0.1, 0.15) is 5.60 Å². The number of benzene rings is 1. The normalized spacial score (nSPS) is 13.9. The molecule has 1 amide bonds. The van der Waals surface area contributed by atoms with Gasteiger partial charge in [0.25, 0.3) is 0 Å². The first-order chi connectivity index (χ1) is 10.7. The van der Waals surface area contributed by atoms with E-state index in [0.717, 1.165) is 5.56 Å². The molecule has 0 spiro atoms. The minimum atomic E-state index is -1.26. The van der Waals surface area contributed by atoms with Gasteiger partial charge in [-0.3, -0.25) is 4.84 Å². The van der Waals surface area contributed by atoms with Crippen LogP contribution in [0.2, 0.25) is 0 Å². The molecule has 0 heterocycles. The van der Waals surface area contributed by atoms with Crippen molar-refractivity contribution in [2.75, 3.05) is 7.05 Å². The van der Waals surface area contributed by atoms with Crippen molar-refractivity contribution < 1.29 is 24.3 Å². The van der Waals surface area contributed by atoms with Crippen LogP contribution in [0.25, 0.3) is 0 Å². The number of alkyl carbamates (subject to hydrolysis) is 1. The minimum absolute atomic E-state index is 0.290. The van der Waals surface area contributed by atoms with Crippen LogP contribution >= 0.6 is 0 Å². The second-order valence-corrected chi connectivity index (χ2v) is 6.02. The van der Waals surface area contributed by atoms with E-state index in [1.165, 1.54) is 7.05 Å². The van der Waals surface area contributed by atoms with Gasteiger partial charge in [-0.1, -0.05) is 30.3 Å². The average Bonchev–Trinajstić information content (AvgIpc) is 2.42. The highest BCUT2D eigenvalue weighted by molar-refractivity contribution is 5.75. The lowest BCUT2D eigenvalue weighted by Crippen LogP contribution is -2.52. The summed E-state index contributed by atoms with van der Waals surface area (Å²) >= 11 is 0. The summed E-state index contributed by atoms with van der Waals surface area (Å²) in [6, 6.07) is 8.45. The Bertz CT molecular complexity index is 513. The predicted molar refractivity (Wildman–Crippen MR) is 84.9 cm³/mol. The van der Waals surface area contributed by atoms with Crippen molar-refractivity contribution in [3.63, 3.8) is 0 Å². The van der Waals surface area contributed by atoms with E-state index in [4.69, 9.17) is 9.57 Å². The minimum Gasteiger partial charge on any atom is -0.479 e. The number of carboxylic acids is 1. The molecule has 128 valence electrons. The fourth-order valence-corrected chi connectivity index (χ4v) is 1.99. The molecule has 2 unspecified atom stereocenters. The Labute approximate surface area is 135 Å². The largest absolute Gasteiger partial charge is 0.479 e. The lowest BCUT2D eigenvalue weighted by atomic mass is 10.0. The first-order valence-electron chi connectivity index (χ1n) is 7.31. The van der Waals surface area contributed by atoms with E-state index in [-0.39, 0.29) is 0 Å². The van der Waals surface area contributed by atoms with E-state index in [0.29, 0.717) is 6.42 Å². The molecule has 0 aliphatic heterocycles.